The van der Waals surface area contributed by atoms with Crippen LogP contribution in [-0.4, -0.2) is 21.2 Å². The molecule has 0 aliphatic rings. The highest BCUT2D eigenvalue weighted by atomic mass is 32.1. The van der Waals surface area contributed by atoms with Crippen LogP contribution < -0.4 is 5.73 Å². The highest BCUT2D eigenvalue weighted by Crippen LogP contribution is 2.30. The monoisotopic (exact) mass is 211 g/mol. The molecule has 0 radical (unpaired) electrons. The van der Waals surface area contributed by atoms with Gasteiger partial charge in [-0.2, -0.15) is 0 Å². The van der Waals surface area contributed by atoms with Crippen LogP contribution in [0.3, 0.4) is 0 Å². The summed E-state index contributed by atoms with van der Waals surface area (Å²) < 4.78 is 4.82. The summed E-state index contributed by atoms with van der Waals surface area (Å²) in [5.41, 5.74) is 6.89. The Bertz CT molecular complexity index is 462. The average Bonchev–Trinajstić information content (AvgIpc) is 2.71. The van der Waals surface area contributed by atoms with Gasteiger partial charge in [-0.15, -0.1) is 11.3 Å². The fourth-order valence-electron chi connectivity index (χ4n) is 0.957. The second-order valence-electron chi connectivity index (χ2n) is 2.44. The highest BCUT2D eigenvalue weighted by molar-refractivity contribution is 7.13. The number of nitrogen functional groups attached to an aromatic ring is 1. The smallest absolute Gasteiger partial charge is 0.360 e. The summed E-state index contributed by atoms with van der Waals surface area (Å²) in [5.74, 6) is -0.952. The lowest BCUT2D eigenvalue weighted by atomic mass is 10.3. The molecule has 14 heavy (non-hydrogen) atoms. The summed E-state index contributed by atoms with van der Waals surface area (Å²) in [7, 11) is 0. The Morgan fingerprint density at radius 3 is 2.93 bits per heavy atom. The van der Waals surface area contributed by atoms with Crippen molar-refractivity contribution in [2.45, 2.75) is 0 Å². The van der Waals surface area contributed by atoms with Crippen LogP contribution in [0.25, 0.3) is 10.6 Å². The average molecular weight is 211 g/mol. The molecule has 2 rings (SSSR count). The number of rotatable bonds is 2. The Morgan fingerprint density at radius 1 is 1.64 bits per heavy atom. The maximum atomic E-state index is 10.6. The van der Waals surface area contributed by atoms with E-state index in [9.17, 15) is 4.79 Å². The van der Waals surface area contributed by atoms with Crippen LogP contribution in [-0.2, 0) is 0 Å². The number of carboxylic acid groups (broad SMARTS) is 1. The molecule has 0 amide bonds. The molecule has 2 aromatic rings. The molecular weight excluding hydrogens is 206 g/mol. The summed E-state index contributed by atoms with van der Waals surface area (Å²) in [6.45, 7) is 0. The topological polar surface area (TPSA) is 102 Å². The molecule has 2 heterocycles. The molecule has 0 saturated heterocycles. The molecule has 0 spiro atoms. The first kappa shape index (κ1) is 8.70. The van der Waals surface area contributed by atoms with Crippen LogP contribution in [0, 0.1) is 0 Å². The second-order valence-corrected chi connectivity index (χ2v) is 3.33. The largest absolute Gasteiger partial charge is 0.476 e. The first-order chi connectivity index (χ1) is 6.70. The molecule has 0 unspecified atom stereocenters. The number of carbonyl (C=O) groups is 1. The first-order valence-electron chi connectivity index (χ1n) is 3.57. The zero-order valence-electron chi connectivity index (χ0n) is 6.80. The minimum atomic E-state index is -1.21. The van der Waals surface area contributed by atoms with Crippen molar-refractivity contribution in [2.24, 2.45) is 0 Å². The van der Waals surface area contributed by atoms with Crippen molar-refractivity contribution < 1.29 is 14.4 Å². The minimum absolute atomic E-state index is 0.0294. The van der Waals surface area contributed by atoms with E-state index in [0.717, 1.165) is 0 Å². The van der Waals surface area contributed by atoms with E-state index in [0.29, 0.717) is 4.88 Å². The van der Waals surface area contributed by atoms with Crippen molar-refractivity contribution in [2.75, 3.05) is 5.73 Å². The molecular formula is C7H5N3O3S. The van der Waals surface area contributed by atoms with Gasteiger partial charge in [0.05, 0.1) is 10.4 Å². The van der Waals surface area contributed by atoms with Gasteiger partial charge in [0.1, 0.15) is 5.69 Å². The lowest BCUT2D eigenvalue weighted by Gasteiger charge is -1.89. The quantitative estimate of drug-likeness (QED) is 0.770. The van der Waals surface area contributed by atoms with E-state index in [-0.39, 0.29) is 17.1 Å². The van der Waals surface area contributed by atoms with Crippen LogP contribution in [0.15, 0.2) is 16.2 Å². The number of anilines is 1. The van der Waals surface area contributed by atoms with Gasteiger partial charge in [0, 0.05) is 6.20 Å². The van der Waals surface area contributed by atoms with Crippen LogP contribution in [0.2, 0.25) is 0 Å². The SMILES string of the molecule is Nc1c(C(=O)O)noc1-c1cncs1. The second kappa shape index (κ2) is 3.11. The first-order valence-corrected chi connectivity index (χ1v) is 4.45. The highest BCUT2D eigenvalue weighted by Gasteiger charge is 2.20. The Balaban J connectivity index is 2.52. The third-order valence-corrected chi connectivity index (χ3v) is 2.36. The van der Waals surface area contributed by atoms with Crippen LogP contribution in [0.4, 0.5) is 5.69 Å². The van der Waals surface area contributed by atoms with Gasteiger partial charge in [0.2, 0.25) is 11.5 Å². The number of hydrogen-bond acceptors (Lipinski definition) is 6. The Labute approximate surface area is 82.0 Å². The molecule has 3 N–H and O–H groups in total. The Hall–Kier alpha value is -1.89. The lowest BCUT2D eigenvalue weighted by Crippen LogP contribution is -2.00. The molecule has 0 atom stereocenters. The fourth-order valence-corrected chi connectivity index (χ4v) is 1.57. The molecule has 0 bridgehead atoms. The van der Waals surface area contributed by atoms with Gasteiger partial charge in [0.15, 0.2) is 0 Å². The molecule has 2 aromatic heterocycles. The molecule has 7 heteroatoms. The minimum Gasteiger partial charge on any atom is -0.476 e. The summed E-state index contributed by atoms with van der Waals surface area (Å²) in [5, 5.41) is 12.0. The van der Waals surface area contributed by atoms with Crippen molar-refractivity contribution in [3.05, 3.63) is 17.4 Å². The number of aromatic carboxylic acids is 1. The van der Waals surface area contributed by atoms with Gasteiger partial charge in [-0.1, -0.05) is 5.16 Å². The summed E-state index contributed by atoms with van der Waals surface area (Å²) in [4.78, 5) is 15.1. The number of thiazole rings is 1. The van der Waals surface area contributed by atoms with Gasteiger partial charge < -0.3 is 15.4 Å². The summed E-state index contributed by atoms with van der Waals surface area (Å²) in [6, 6.07) is 0. The summed E-state index contributed by atoms with van der Waals surface area (Å²) >= 11 is 1.30. The standard InChI is InChI=1S/C7H5N3O3S/c8-4-5(7(11)12)10-13-6(4)3-1-9-2-14-3/h1-2H,8H2,(H,11,12). The third-order valence-electron chi connectivity index (χ3n) is 1.59. The predicted molar refractivity (Wildman–Crippen MR) is 49.0 cm³/mol. The maximum absolute atomic E-state index is 10.6. The molecule has 72 valence electrons. The molecule has 0 aliphatic carbocycles. The molecule has 0 fully saturated rings. The molecule has 0 aromatic carbocycles. The third kappa shape index (κ3) is 1.23. The zero-order chi connectivity index (χ0) is 10.1. The Kier molecular flexibility index (Phi) is 1.93. The fraction of sp³-hybridized carbons (Fsp3) is 0. The van der Waals surface area contributed by atoms with E-state index in [4.69, 9.17) is 15.4 Å². The van der Waals surface area contributed by atoms with E-state index in [1.807, 2.05) is 0 Å². The van der Waals surface area contributed by atoms with Crippen molar-refractivity contribution in [3.63, 3.8) is 0 Å². The molecule has 6 nitrogen and oxygen atoms in total. The van der Waals surface area contributed by atoms with Gasteiger partial charge in [-0.05, 0) is 0 Å². The number of aromatic nitrogens is 2. The van der Waals surface area contributed by atoms with Crippen molar-refractivity contribution >= 4 is 23.0 Å². The molecule has 0 saturated carbocycles. The zero-order valence-corrected chi connectivity index (χ0v) is 7.61. The number of carboxylic acids is 1. The molecule has 0 aliphatic heterocycles. The number of nitrogens with two attached hydrogens (primary N) is 1. The van der Waals surface area contributed by atoms with E-state index in [2.05, 4.69) is 10.1 Å². The van der Waals surface area contributed by atoms with Crippen molar-refractivity contribution in [1.29, 1.82) is 0 Å². The van der Waals surface area contributed by atoms with Crippen molar-refractivity contribution in [1.82, 2.24) is 10.1 Å². The van der Waals surface area contributed by atoms with Crippen molar-refractivity contribution in [3.8, 4) is 10.6 Å². The van der Waals surface area contributed by atoms with Crippen LogP contribution >= 0.6 is 11.3 Å². The number of nitrogens with zero attached hydrogens (tertiary/aromatic N) is 2. The Morgan fingerprint density at radius 2 is 2.43 bits per heavy atom. The number of hydrogen-bond donors (Lipinski definition) is 2. The van der Waals surface area contributed by atoms with E-state index < -0.39 is 5.97 Å². The van der Waals surface area contributed by atoms with E-state index >= 15 is 0 Å². The lowest BCUT2D eigenvalue weighted by molar-refractivity contribution is 0.0687. The van der Waals surface area contributed by atoms with E-state index in [1.165, 1.54) is 17.5 Å². The summed E-state index contributed by atoms with van der Waals surface area (Å²) in [6.07, 6.45) is 1.53. The van der Waals surface area contributed by atoms with Crippen LogP contribution in [0.5, 0.6) is 0 Å². The maximum Gasteiger partial charge on any atom is 0.360 e. The van der Waals surface area contributed by atoms with Gasteiger partial charge >= 0.3 is 5.97 Å². The van der Waals surface area contributed by atoms with Crippen LogP contribution in [0.1, 0.15) is 10.5 Å². The van der Waals surface area contributed by atoms with Gasteiger partial charge in [-0.25, -0.2) is 4.79 Å². The van der Waals surface area contributed by atoms with E-state index in [1.54, 1.807) is 5.51 Å². The normalized spacial score (nSPS) is 10.3. The van der Waals surface area contributed by atoms with Gasteiger partial charge in [-0.3, -0.25) is 4.98 Å². The van der Waals surface area contributed by atoms with Gasteiger partial charge in [0.25, 0.3) is 0 Å². The predicted octanol–water partition coefficient (Wildman–Crippen LogP) is 1.08.